The van der Waals surface area contributed by atoms with Crippen LogP contribution in [0, 0.1) is 50.2 Å². The molecule has 8 heterocycles. The van der Waals surface area contributed by atoms with Crippen LogP contribution in [0.3, 0.4) is 0 Å². The van der Waals surface area contributed by atoms with E-state index in [0.29, 0.717) is 31.3 Å². The lowest BCUT2D eigenvalue weighted by atomic mass is 9.33. The molecule has 13 aliphatic rings. The van der Waals surface area contributed by atoms with E-state index in [1.54, 1.807) is 20.8 Å². The van der Waals surface area contributed by atoms with Gasteiger partial charge in [0.15, 0.2) is 56.2 Å². The third-order valence-corrected chi connectivity index (χ3v) is 33.6. The van der Waals surface area contributed by atoms with E-state index in [9.17, 15) is 138 Å². The zero-order valence-electron chi connectivity index (χ0n) is 82.0. The summed E-state index contributed by atoms with van der Waals surface area (Å²) in [6, 6.07) is 0. The van der Waals surface area contributed by atoms with Gasteiger partial charge in [-0.3, -0.25) is 4.79 Å². The zero-order valence-corrected chi connectivity index (χ0v) is 82.0. The highest BCUT2D eigenvalue weighted by Crippen LogP contribution is 2.76. The molecule has 143 heavy (non-hydrogen) atoms. The molecule has 0 aromatic rings. The fourth-order valence-electron chi connectivity index (χ4n) is 24.3. The molecule has 4 saturated carbocycles. The van der Waals surface area contributed by atoms with Crippen LogP contribution in [0.2, 0.25) is 0 Å². The Labute approximate surface area is 826 Å². The first-order valence-corrected chi connectivity index (χ1v) is 49.2. The number of aliphatic hydroxyl groups is 26. The third-order valence-electron chi connectivity index (χ3n) is 33.6. The number of hydrogen-bond acceptors (Lipinski definition) is 47. The first-order chi connectivity index (χ1) is 67.1. The van der Waals surface area contributed by atoms with Crippen LogP contribution in [0.5, 0.6) is 0 Å². The van der Waals surface area contributed by atoms with Crippen molar-refractivity contribution in [3.05, 3.63) is 60.3 Å². The molecule has 0 aromatic carbocycles. The number of hydrogen-bond donors (Lipinski definition) is 26. The van der Waals surface area contributed by atoms with Crippen LogP contribution in [0.4, 0.5) is 0 Å². The molecule has 12 fully saturated rings. The molecule has 47 nitrogen and oxygen atoms in total. The second kappa shape index (κ2) is 45.8. The Kier molecular flexibility index (Phi) is 37.0. The Balaban J connectivity index is 0.802. The van der Waals surface area contributed by atoms with Crippen LogP contribution in [-0.4, -0.2) is 466 Å². The number of carbonyl (C=O) groups excluding carboxylic acids is 3. The summed E-state index contributed by atoms with van der Waals surface area (Å²) in [5.74, 6) is -5.03. The van der Waals surface area contributed by atoms with Gasteiger partial charge in [-0.2, -0.15) is 0 Å². The van der Waals surface area contributed by atoms with Crippen LogP contribution >= 0.6 is 0 Å². The monoisotopic (exact) mass is 2060 g/mol. The van der Waals surface area contributed by atoms with E-state index >= 15 is 9.59 Å². The Morgan fingerprint density at radius 3 is 1.46 bits per heavy atom. The van der Waals surface area contributed by atoms with Gasteiger partial charge < -0.3 is 218 Å². The predicted octanol–water partition coefficient (Wildman–Crippen LogP) is -7.09. The van der Waals surface area contributed by atoms with Crippen molar-refractivity contribution in [3.8, 4) is 0 Å². The number of esters is 3. The second-order valence-electron chi connectivity index (χ2n) is 43.4. The summed E-state index contributed by atoms with van der Waals surface area (Å²) < 4.78 is 110. The molecule has 0 bridgehead atoms. The van der Waals surface area contributed by atoms with Gasteiger partial charge in [0, 0.05) is 11.8 Å². The summed E-state index contributed by atoms with van der Waals surface area (Å²) in [6.45, 7) is 20.7. The van der Waals surface area contributed by atoms with Crippen LogP contribution in [-0.2, 0) is 99.6 Å². The number of carbonyl (C=O) groups is 3. The van der Waals surface area contributed by atoms with Crippen molar-refractivity contribution >= 4 is 17.9 Å². The highest BCUT2D eigenvalue weighted by molar-refractivity contribution is 5.89. The van der Waals surface area contributed by atoms with Gasteiger partial charge in [-0.25, -0.2) is 9.59 Å². The maximum absolute atomic E-state index is 16.9. The highest BCUT2D eigenvalue weighted by atomic mass is 16.8. The number of allylic oxidation sites excluding steroid dienone is 4. The molecule has 47 heteroatoms. The van der Waals surface area contributed by atoms with E-state index < -0.39 is 379 Å². The van der Waals surface area contributed by atoms with Gasteiger partial charge in [-0.15, -0.1) is 13.2 Å². The van der Waals surface area contributed by atoms with Crippen LogP contribution in [0.1, 0.15) is 153 Å². The molecule has 8 aliphatic heterocycles. The van der Waals surface area contributed by atoms with Crippen LogP contribution in [0.25, 0.3) is 0 Å². The average Bonchev–Trinajstić information content (AvgIpc) is 1.15. The van der Waals surface area contributed by atoms with E-state index in [0.717, 1.165) is 0 Å². The summed E-state index contributed by atoms with van der Waals surface area (Å²) in [7, 11) is 0. The van der Waals surface area contributed by atoms with Gasteiger partial charge in [0.1, 0.15) is 170 Å². The van der Waals surface area contributed by atoms with E-state index in [1.807, 2.05) is 20.8 Å². The van der Waals surface area contributed by atoms with Crippen molar-refractivity contribution in [2.24, 2.45) is 50.2 Å². The fraction of sp³-hybridized carbons (Fsp3) is 0.865. The molecule has 818 valence electrons. The number of ether oxygens (including phenoxy) is 18. The molecule has 50 atom stereocenters. The summed E-state index contributed by atoms with van der Waals surface area (Å²) in [4.78, 5) is 45.3. The van der Waals surface area contributed by atoms with Crippen molar-refractivity contribution in [2.45, 2.75) is 416 Å². The van der Waals surface area contributed by atoms with Crippen molar-refractivity contribution in [2.75, 3.05) is 52.9 Å². The summed E-state index contributed by atoms with van der Waals surface area (Å²) >= 11 is 0. The largest absolute Gasteiger partial charge is 0.458 e. The molecule has 1 unspecified atom stereocenters. The molecule has 13 rings (SSSR count). The first kappa shape index (κ1) is 116. The van der Waals surface area contributed by atoms with Gasteiger partial charge in [-0.05, 0) is 138 Å². The minimum Gasteiger partial charge on any atom is -0.458 e. The first-order valence-electron chi connectivity index (χ1n) is 49.2. The maximum Gasteiger partial charge on any atom is 0.336 e. The second-order valence-corrected chi connectivity index (χ2v) is 43.4. The number of aliphatic hydroxyl groups excluding tert-OH is 25. The number of rotatable bonds is 35. The van der Waals surface area contributed by atoms with Crippen molar-refractivity contribution in [3.63, 3.8) is 0 Å². The summed E-state index contributed by atoms with van der Waals surface area (Å²) in [5.41, 5.74) is -9.43. The summed E-state index contributed by atoms with van der Waals surface area (Å²) in [5, 5.41) is 290. The lowest BCUT2D eigenvalue weighted by Crippen LogP contribution is -2.70. The smallest absolute Gasteiger partial charge is 0.336 e. The van der Waals surface area contributed by atoms with E-state index in [1.165, 1.54) is 45.1 Å². The fourth-order valence-corrected chi connectivity index (χ4v) is 24.3. The van der Waals surface area contributed by atoms with Gasteiger partial charge in [-0.1, -0.05) is 84.4 Å². The van der Waals surface area contributed by atoms with Gasteiger partial charge in [0.05, 0.1) is 99.6 Å². The number of fused-ring (bicyclic) bond motifs is 7. The zero-order chi connectivity index (χ0) is 105. The lowest BCUT2D eigenvalue weighted by molar-refractivity contribution is -0.390. The van der Waals surface area contributed by atoms with Crippen LogP contribution in [0.15, 0.2) is 60.3 Å². The van der Waals surface area contributed by atoms with Crippen molar-refractivity contribution in [1.82, 2.24) is 0 Å². The quantitative estimate of drug-likeness (QED) is 0.00922. The average molecular weight is 2060 g/mol. The van der Waals surface area contributed by atoms with E-state index in [2.05, 4.69) is 33.1 Å². The molecule has 5 aliphatic carbocycles. The SMILES string of the molecule is C=CC(C)(O)CC/C=C(\CO)C(=O)O[C@H]1[C@H](O)[C@@H](O)[C@H](O[C@](C)(C=C)CC/C=C(\CO)C(=O)O[C@H]2C[C@]3(C(=O)O[C@@H]4O[C@H](CO)[C@@H](O)[C@H](O)[C@H]4O[C@@H]4O[C@@H](C)[C@H](O[C@H]5O[C@@H](CO)[C@H](O)[C@H]5O)[C@@H](O[C@@H]5O[C@H](CO)[C@@H](O)[C@H](O)[C@H]5O)[C@H]4O)[C@H](O)C[C@]4(C)C(=CC[C@@H]5[C@@]6(C)CC[C@H](O[C@@H]7O[C@H](CO[C@@H]8OC[C@H](O)[C@H](O)[C@H]8O)[C@@H](O)[C@H](O)[C@H]7O[C@@H]7O[C@H](CO)[C@@H](O)[C@H](O)[C@H]7O)C(C)(C)[C@@H]6CC[C@]54C)[C@@H]3CC2(C)C)O[C@@H]1C. The van der Waals surface area contributed by atoms with Crippen LogP contribution < -0.4 is 0 Å². The van der Waals surface area contributed by atoms with Crippen molar-refractivity contribution < 1.29 is 232 Å². The molecule has 0 spiro atoms. The van der Waals surface area contributed by atoms with Gasteiger partial charge in [0.25, 0.3) is 0 Å². The Hall–Kier alpha value is -4.53. The Morgan fingerprint density at radius 2 is 0.909 bits per heavy atom. The minimum absolute atomic E-state index is 0.0640. The highest BCUT2D eigenvalue weighted by Gasteiger charge is 2.74. The maximum atomic E-state index is 16.9. The molecular weight excluding hydrogens is 1910 g/mol. The van der Waals surface area contributed by atoms with Gasteiger partial charge >= 0.3 is 17.9 Å². The predicted molar refractivity (Wildman–Crippen MR) is 479 cm³/mol. The molecule has 8 saturated heterocycles. The minimum atomic E-state index is -2.31. The third kappa shape index (κ3) is 22.4. The van der Waals surface area contributed by atoms with Crippen molar-refractivity contribution in [1.29, 1.82) is 0 Å². The lowest BCUT2D eigenvalue weighted by Gasteiger charge is -2.72. The van der Waals surface area contributed by atoms with Gasteiger partial charge in [0.2, 0.25) is 6.29 Å². The molecule has 0 radical (unpaired) electrons. The molecular formula is C96H152O47. The standard InChI is InChI=1S/C96H152O47/c1-14-91(9,125)24-16-18-42(32-98)79(123)137-73-39(3)129-85(71(120)66(73)115)143-92(10,15-2)25-17-19-41(31-97)78(122)135-55-30-96(88(124)142-87-77(64(113)59(108)48(35-101)133-87)141-84-72(121)75(139-82-69(118)62(111)57(106)46(33-99)130-82)74(40(4)128-84)138-81-68(117)60(109)49(36-102)132-81)44(28-89(55,5)6)43-20-21-52-93(11)26-23-54(90(7,8)51(93)22-27-94(52,12)95(43,13)29-53(96)104)136-86-76(140-83-70(119)63(112)58(107)47(34-100)131-83)65(114)61(110)50(134-86)38-127-80-67(116)56(105)45(103)37-126-80/h14-15,18-20,39-40,44-77,80-87,97-121,125H,1-2,16-17,21-38H2,3-13H3/b41-19+,42-18+/t39-,40+,44+,45+,46-,47-,48-,49+,50-,51+,52-,53-,54+,55+,56+,57-,58-,59-,60+,61-,62+,63+,64+,65+,66-,67-,68-,69-,70-,71-,72-,73-,74+,75+,76-,77-,80+,81-,82+,83+,84+,85+,86+,87+,91?,92-,93+,94-,95-,96-/m1/s1. The van der Waals surface area contributed by atoms with E-state index in [4.69, 9.17) is 85.3 Å². The Morgan fingerprint density at radius 1 is 0.448 bits per heavy atom. The Bertz CT molecular complexity index is 4370. The topological polar surface area (TPSA) is 743 Å². The molecule has 26 N–H and O–H groups in total. The van der Waals surface area contributed by atoms with E-state index in [-0.39, 0.29) is 67.9 Å². The molecule has 0 amide bonds. The molecule has 0 aromatic heterocycles. The summed E-state index contributed by atoms with van der Waals surface area (Å²) in [6.07, 6.45) is -64.9. The normalized spacial score (nSPS) is 48.2.